The fraction of sp³-hybridized carbons (Fsp3) is 0.467. The summed E-state index contributed by atoms with van der Waals surface area (Å²) in [5.74, 6) is 0. The van der Waals surface area contributed by atoms with Crippen LogP contribution in [0.25, 0.3) is 0 Å². The quantitative estimate of drug-likeness (QED) is 0.698. The van der Waals surface area contributed by atoms with Gasteiger partial charge >= 0.3 is 15.5 Å². The van der Waals surface area contributed by atoms with E-state index in [1.54, 1.807) is 17.7 Å². The maximum atomic E-state index is 12.8. The molecule has 3 rings (SSSR count). The minimum atomic E-state index is -5.60. The Bertz CT molecular complexity index is 990. The molecule has 0 amide bonds. The van der Waals surface area contributed by atoms with Gasteiger partial charge in [0.2, 0.25) is 0 Å². The lowest BCUT2D eigenvalue weighted by Gasteiger charge is -2.24. The zero-order chi connectivity index (χ0) is 20.5. The van der Waals surface area contributed by atoms with Crippen LogP contribution in [0, 0.1) is 6.92 Å². The lowest BCUT2D eigenvalue weighted by atomic mass is 10.2. The molecule has 1 fully saturated rings. The van der Waals surface area contributed by atoms with Gasteiger partial charge in [-0.2, -0.15) is 21.6 Å². The molecule has 0 bridgehead atoms. The molecule has 1 aliphatic rings. The number of alkyl halides is 3. The van der Waals surface area contributed by atoms with Crippen LogP contribution in [0.4, 0.5) is 35.4 Å². The van der Waals surface area contributed by atoms with E-state index in [0.29, 0.717) is 10.7 Å². The number of halogens is 3. The zero-order valence-electron chi connectivity index (χ0n) is 14.9. The minimum absolute atomic E-state index is 0.0590. The molecule has 1 aromatic heterocycles. The summed E-state index contributed by atoms with van der Waals surface area (Å²) in [6.07, 6.45) is 1.89. The summed E-state index contributed by atoms with van der Waals surface area (Å²) >= 11 is 1.14. The van der Waals surface area contributed by atoms with E-state index >= 15 is 0 Å². The number of hydrogen-bond acceptors (Lipinski definition) is 8. The molecule has 28 heavy (non-hydrogen) atoms. The second-order valence-electron chi connectivity index (χ2n) is 6.24. The van der Waals surface area contributed by atoms with Gasteiger partial charge in [-0.3, -0.25) is 4.72 Å². The Hall–Kier alpha value is -2.28. The van der Waals surface area contributed by atoms with E-state index in [0.717, 1.165) is 30.7 Å². The van der Waals surface area contributed by atoms with Gasteiger partial charge in [0, 0.05) is 18.3 Å². The van der Waals surface area contributed by atoms with E-state index in [4.69, 9.17) is 0 Å². The van der Waals surface area contributed by atoms with Crippen molar-refractivity contribution in [2.45, 2.75) is 38.2 Å². The largest absolute Gasteiger partial charge is 0.516 e. The SMILES string of the molecule is Cc1nnc(N=Nc2ccc(N3CCCC3C)cc2NS(=O)(=O)C(F)(F)F)s1. The van der Waals surface area contributed by atoms with E-state index in [9.17, 15) is 21.6 Å². The number of aromatic nitrogens is 2. The molecule has 0 radical (unpaired) electrons. The highest BCUT2D eigenvalue weighted by Gasteiger charge is 2.46. The summed E-state index contributed by atoms with van der Waals surface area (Å²) in [6.45, 7) is 4.45. The summed E-state index contributed by atoms with van der Waals surface area (Å²) in [4.78, 5) is 2.00. The molecule has 8 nitrogen and oxygen atoms in total. The number of azo groups is 1. The number of aryl methyl sites for hydroxylation is 1. The molecule has 2 aromatic rings. The Labute approximate surface area is 163 Å². The molecule has 152 valence electrons. The van der Waals surface area contributed by atoms with Gasteiger partial charge in [-0.1, -0.05) is 11.3 Å². The molecule has 1 aliphatic heterocycles. The third-order valence-electron chi connectivity index (χ3n) is 4.17. The van der Waals surface area contributed by atoms with Gasteiger partial charge in [0.15, 0.2) is 0 Å². The van der Waals surface area contributed by atoms with Crippen LogP contribution in [0.15, 0.2) is 28.4 Å². The average Bonchev–Trinajstić information content (AvgIpc) is 3.20. The molecule has 2 heterocycles. The monoisotopic (exact) mass is 434 g/mol. The Balaban J connectivity index is 1.99. The van der Waals surface area contributed by atoms with Crippen molar-refractivity contribution in [2.24, 2.45) is 10.2 Å². The number of nitrogens with zero attached hydrogens (tertiary/aromatic N) is 5. The summed E-state index contributed by atoms with van der Waals surface area (Å²) in [5.41, 5.74) is -5.21. The predicted octanol–water partition coefficient (Wildman–Crippen LogP) is 4.51. The highest BCUT2D eigenvalue weighted by Crippen LogP contribution is 2.36. The number of sulfonamides is 1. The smallest absolute Gasteiger partial charge is 0.369 e. The summed E-state index contributed by atoms with van der Waals surface area (Å²) in [7, 11) is -5.60. The van der Waals surface area contributed by atoms with Gasteiger partial charge in [0.1, 0.15) is 10.7 Å². The fourth-order valence-electron chi connectivity index (χ4n) is 2.81. The van der Waals surface area contributed by atoms with Crippen molar-refractivity contribution in [2.75, 3.05) is 16.2 Å². The highest BCUT2D eigenvalue weighted by atomic mass is 32.2. The van der Waals surface area contributed by atoms with Crippen LogP contribution in [-0.2, 0) is 10.0 Å². The average molecular weight is 434 g/mol. The fourth-order valence-corrected chi connectivity index (χ4v) is 3.89. The van der Waals surface area contributed by atoms with Crippen molar-refractivity contribution in [3.05, 3.63) is 23.2 Å². The number of anilines is 2. The van der Waals surface area contributed by atoms with Gasteiger partial charge in [-0.15, -0.1) is 20.4 Å². The van der Waals surface area contributed by atoms with E-state index in [1.807, 2.05) is 11.8 Å². The van der Waals surface area contributed by atoms with Gasteiger partial charge in [-0.25, -0.2) is 0 Å². The summed E-state index contributed by atoms with van der Waals surface area (Å²) in [6, 6.07) is 4.63. The first-order valence-corrected chi connectivity index (χ1v) is 10.6. The van der Waals surface area contributed by atoms with Crippen LogP contribution < -0.4 is 9.62 Å². The van der Waals surface area contributed by atoms with Crippen molar-refractivity contribution in [1.82, 2.24) is 10.2 Å². The van der Waals surface area contributed by atoms with Crippen molar-refractivity contribution in [3.63, 3.8) is 0 Å². The van der Waals surface area contributed by atoms with Crippen LogP contribution in [0.2, 0.25) is 0 Å². The Morgan fingerprint density at radius 3 is 2.61 bits per heavy atom. The molecule has 1 saturated heterocycles. The normalized spacial score (nSPS) is 18.2. The van der Waals surface area contributed by atoms with Gasteiger partial charge in [-0.05, 0) is 44.9 Å². The Kier molecular flexibility index (Phi) is 5.57. The number of benzene rings is 1. The second-order valence-corrected chi connectivity index (χ2v) is 9.07. The Morgan fingerprint density at radius 1 is 1.29 bits per heavy atom. The van der Waals surface area contributed by atoms with Gasteiger partial charge in [0.25, 0.3) is 5.13 Å². The third-order valence-corrected chi connectivity index (χ3v) is 5.99. The van der Waals surface area contributed by atoms with E-state index < -0.39 is 15.5 Å². The summed E-state index contributed by atoms with van der Waals surface area (Å²) < 4.78 is 63.3. The minimum Gasteiger partial charge on any atom is -0.369 e. The standard InChI is InChI=1S/C15H17F3N6O2S2/c1-9-4-3-7-24(9)11-5-6-12(20-22-14-21-19-10(2)27-14)13(8-11)23-28(25,26)15(16,17)18/h5-6,8-9,23H,3-4,7H2,1-2H3. The second kappa shape index (κ2) is 7.62. The van der Waals surface area contributed by atoms with Gasteiger partial charge in [0.05, 0.1) is 5.69 Å². The number of rotatable bonds is 5. The molecule has 13 heteroatoms. The van der Waals surface area contributed by atoms with Crippen molar-refractivity contribution in [1.29, 1.82) is 0 Å². The van der Waals surface area contributed by atoms with Crippen LogP contribution in [0.1, 0.15) is 24.8 Å². The maximum Gasteiger partial charge on any atom is 0.516 e. The molecule has 0 spiro atoms. The first-order chi connectivity index (χ1) is 13.1. The van der Waals surface area contributed by atoms with Crippen LogP contribution in [0.5, 0.6) is 0 Å². The lowest BCUT2D eigenvalue weighted by molar-refractivity contribution is -0.0429. The Morgan fingerprint density at radius 2 is 2.04 bits per heavy atom. The molecular weight excluding hydrogens is 417 g/mol. The third kappa shape index (κ3) is 4.41. The van der Waals surface area contributed by atoms with Crippen molar-refractivity contribution in [3.8, 4) is 0 Å². The molecule has 1 aromatic carbocycles. The molecule has 1 unspecified atom stereocenters. The molecule has 1 atom stereocenters. The zero-order valence-corrected chi connectivity index (χ0v) is 16.6. The maximum absolute atomic E-state index is 12.8. The van der Waals surface area contributed by atoms with E-state index in [2.05, 4.69) is 20.4 Å². The summed E-state index contributed by atoms with van der Waals surface area (Å²) in [5, 5.41) is 16.1. The number of nitrogens with one attached hydrogen (secondary N) is 1. The first-order valence-electron chi connectivity index (χ1n) is 8.28. The molecule has 1 N–H and O–H groups in total. The first kappa shape index (κ1) is 20.5. The van der Waals surface area contributed by atoms with E-state index in [1.165, 1.54) is 12.1 Å². The molecular formula is C15H17F3N6O2S2. The highest BCUT2D eigenvalue weighted by molar-refractivity contribution is 7.93. The topological polar surface area (TPSA) is 99.9 Å². The van der Waals surface area contributed by atoms with E-state index in [-0.39, 0.29) is 22.5 Å². The van der Waals surface area contributed by atoms with Crippen molar-refractivity contribution < 1.29 is 21.6 Å². The van der Waals surface area contributed by atoms with Crippen molar-refractivity contribution >= 4 is 43.6 Å². The van der Waals surface area contributed by atoms with Crippen LogP contribution in [0.3, 0.4) is 0 Å². The lowest BCUT2D eigenvalue weighted by Crippen LogP contribution is -2.30. The number of hydrogen-bond donors (Lipinski definition) is 1. The molecule has 0 saturated carbocycles. The van der Waals surface area contributed by atoms with Crippen LogP contribution in [-0.4, -0.2) is 36.7 Å². The van der Waals surface area contributed by atoms with Crippen LogP contribution >= 0.6 is 11.3 Å². The van der Waals surface area contributed by atoms with Gasteiger partial charge < -0.3 is 4.90 Å². The predicted molar refractivity (Wildman–Crippen MR) is 99.9 cm³/mol. The molecule has 0 aliphatic carbocycles.